The average molecular weight is 455 g/mol. The van der Waals surface area contributed by atoms with E-state index in [0.717, 1.165) is 48.4 Å². The summed E-state index contributed by atoms with van der Waals surface area (Å²) in [6.45, 7) is 2.40. The first-order valence-corrected chi connectivity index (χ1v) is 10.5. The van der Waals surface area contributed by atoms with Gasteiger partial charge in [-0.3, -0.25) is 15.0 Å². The third-order valence-electron chi connectivity index (χ3n) is 5.90. The van der Waals surface area contributed by atoms with Gasteiger partial charge in [-0.05, 0) is 54.7 Å². The molecule has 2 aromatic rings. The molecule has 1 fully saturated rings. The molecule has 7 nitrogen and oxygen atoms in total. The minimum Gasteiger partial charge on any atom is -0.481 e. The van der Waals surface area contributed by atoms with Crippen molar-refractivity contribution in [3.8, 4) is 0 Å². The van der Waals surface area contributed by atoms with E-state index < -0.39 is 5.97 Å². The lowest BCUT2D eigenvalue weighted by molar-refractivity contribution is -0.137. The zero-order chi connectivity index (χ0) is 22.0. The zero-order valence-electron chi connectivity index (χ0n) is 17.7. The van der Waals surface area contributed by atoms with Crippen molar-refractivity contribution in [1.82, 2.24) is 4.90 Å². The van der Waals surface area contributed by atoms with Crippen LogP contribution in [0.5, 0.6) is 0 Å². The Balaban J connectivity index is 0.00000289. The molecule has 1 saturated heterocycles. The Labute approximate surface area is 193 Å². The number of nitrogens with one attached hydrogen (secondary N) is 1. The van der Waals surface area contributed by atoms with Gasteiger partial charge in [0.25, 0.3) is 5.91 Å². The van der Waals surface area contributed by atoms with E-state index in [-0.39, 0.29) is 30.6 Å². The molecule has 4 rings (SSSR count). The van der Waals surface area contributed by atoms with Crippen LogP contribution in [0.4, 0.5) is 5.69 Å². The molecule has 32 heavy (non-hydrogen) atoms. The number of anilines is 1. The number of hydrogen-bond acceptors (Lipinski definition) is 4. The summed E-state index contributed by atoms with van der Waals surface area (Å²) in [7, 11) is 0. The summed E-state index contributed by atoms with van der Waals surface area (Å²) < 4.78 is 0. The van der Waals surface area contributed by atoms with E-state index in [2.05, 4.69) is 4.90 Å². The van der Waals surface area contributed by atoms with Crippen LogP contribution < -0.4 is 10.6 Å². The van der Waals surface area contributed by atoms with Crippen LogP contribution in [0.25, 0.3) is 5.57 Å². The number of nitrogens with two attached hydrogens (primary N) is 1. The quantitative estimate of drug-likeness (QED) is 0.439. The van der Waals surface area contributed by atoms with Crippen LogP contribution in [0.1, 0.15) is 36.0 Å². The number of aryl methyl sites for hydroxylation is 1. The molecule has 2 aromatic carbocycles. The molecular formula is C24H27ClN4O3. The highest BCUT2D eigenvalue weighted by Gasteiger charge is 2.35. The normalized spacial score (nSPS) is 15.8. The van der Waals surface area contributed by atoms with Crippen molar-refractivity contribution in [3.63, 3.8) is 0 Å². The van der Waals surface area contributed by atoms with Gasteiger partial charge in [-0.25, -0.2) is 0 Å². The molecule has 8 heteroatoms. The monoisotopic (exact) mass is 454 g/mol. The molecule has 4 N–H and O–H groups in total. The van der Waals surface area contributed by atoms with E-state index in [9.17, 15) is 9.59 Å². The van der Waals surface area contributed by atoms with Crippen molar-refractivity contribution in [3.05, 3.63) is 70.9 Å². The third-order valence-corrected chi connectivity index (χ3v) is 5.90. The first-order valence-electron chi connectivity index (χ1n) is 10.5. The summed E-state index contributed by atoms with van der Waals surface area (Å²) in [5, 5.41) is 16.5. The van der Waals surface area contributed by atoms with E-state index in [1.54, 1.807) is 17.0 Å². The second kappa shape index (κ2) is 9.87. The summed E-state index contributed by atoms with van der Waals surface area (Å²) in [6, 6.07) is 14.8. The van der Waals surface area contributed by atoms with Crippen LogP contribution in [-0.2, 0) is 16.0 Å². The first kappa shape index (κ1) is 23.3. The van der Waals surface area contributed by atoms with Gasteiger partial charge in [0, 0.05) is 36.5 Å². The Hall–Kier alpha value is -3.32. The largest absolute Gasteiger partial charge is 0.481 e. The molecule has 1 amide bonds. The molecule has 168 valence electrons. The Bertz CT molecular complexity index is 1040. The van der Waals surface area contributed by atoms with E-state index >= 15 is 0 Å². The number of rotatable bonds is 7. The van der Waals surface area contributed by atoms with Gasteiger partial charge in [0.05, 0.1) is 12.1 Å². The van der Waals surface area contributed by atoms with Gasteiger partial charge in [0.1, 0.15) is 5.84 Å². The maximum absolute atomic E-state index is 13.5. The molecule has 0 bridgehead atoms. The molecule has 0 aromatic heterocycles. The molecular weight excluding hydrogens is 428 g/mol. The van der Waals surface area contributed by atoms with E-state index in [0.29, 0.717) is 24.1 Å². The Kier molecular flexibility index (Phi) is 7.20. The first-order chi connectivity index (χ1) is 14.9. The molecule has 0 atom stereocenters. The minimum atomic E-state index is -0.819. The van der Waals surface area contributed by atoms with Gasteiger partial charge in [0.2, 0.25) is 0 Å². The van der Waals surface area contributed by atoms with E-state index in [1.807, 2.05) is 36.4 Å². The van der Waals surface area contributed by atoms with E-state index in [1.165, 1.54) is 0 Å². The smallest absolute Gasteiger partial charge is 0.303 e. The molecule has 2 heterocycles. The van der Waals surface area contributed by atoms with Crippen molar-refractivity contribution in [1.29, 1.82) is 5.41 Å². The van der Waals surface area contributed by atoms with Crippen LogP contribution in [0.3, 0.4) is 0 Å². The average Bonchev–Trinajstić information content (AvgIpc) is 3.41. The van der Waals surface area contributed by atoms with Gasteiger partial charge in [-0.1, -0.05) is 24.3 Å². The summed E-state index contributed by atoms with van der Waals surface area (Å²) in [5.41, 5.74) is 10.5. The van der Waals surface area contributed by atoms with Crippen molar-refractivity contribution in [2.75, 3.05) is 24.5 Å². The summed E-state index contributed by atoms with van der Waals surface area (Å²) in [6.07, 6.45) is 2.79. The number of likely N-dealkylation sites (tertiary alicyclic amines) is 1. The number of hydrogen-bond donors (Lipinski definition) is 3. The topological polar surface area (TPSA) is 111 Å². The second-order valence-corrected chi connectivity index (χ2v) is 7.96. The minimum absolute atomic E-state index is 0. The van der Waals surface area contributed by atoms with Crippen LogP contribution in [0.15, 0.2) is 54.2 Å². The number of amidine groups is 1. The number of benzene rings is 2. The number of carboxylic acids is 1. The predicted octanol–water partition coefficient (Wildman–Crippen LogP) is 3.26. The highest BCUT2D eigenvalue weighted by molar-refractivity contribution is 6.29. The standard InChI is InChI=1S/C24H26N4O3.ClH/c25-23(26)18-8-10-19(11-9-18)28-15-20(27-13-1-2-14-27)22(24(28)31)17-6-3-16(4-7-17)5-12-21(29)30;/h3-4,6-11H,1-2,5,12-15H2,(H3,25,26)(H,29,30);1H. The van der Waals surface area contributed by atoms with Gasteiger partial charge in [-0.15, -0.1) is 12.4 Å². The van der Waals surface area contributed by atoms with Crippen LogP contribution in [-0.4, -0.2) is 47.4 Å². The highest BCUT2D eigenvalue weighted by atomic mass is 35.5. The number of nitrogens with zero attached hydrogens (tertiary/aromatic N) is 2. The predicted molar refractivity (Wildman–Crippen MR) is 127 cm³/mol. The van der Waals surface area contributed by atoms with E-state index in [4.69, 9.17) is 16.2 Å². The lowest BCUT2D eigenvalue weighted by atomic mass is 10.0. The van der Waals surface area contributed by atoms with Gasteiger partial charge in [0.15, 0.2) is 0 Å². The number of amides is 1. The Morgan fingerprint density at radius 3 is 2.22 bits per heavy atom. The molecule has 2 aliphatic heterocycles. The number of halogens is 1. The summed E-state index contributed by atoms with van der Waals surface area (Å²) in [5.74, 6) is -0.866. The highest BCUT2D eigenvalue weighted by Crippen LogP contribution is 2.35. The molecule has 0 unspecified atom stereocenters. The molecule has 0 aliphatic carbocycles. The van der Waals surface area contributed by atoms with Crippen molar-refractivity contribution in [2.45, 2.75) is 25.7 Å². The second-order valence-electron chi connectivity index (χ2n) is 7.96. The van der Waals surface area contributed by atoms with Gasteiger partial charge < -0.3 is 20.6 Å². The van der Waals surface area contributed by atoms with Crippen LogP contribution in [0.2, 0.25) is 0 Å². The SMILES string of the molecule is Cl.N=C(N)c1ccc(N2CC(N3CCCC3)=C(c3ccc(CCC(=O)O)cc3)C2=O)cc1. The summed E-state index contributed by atoms with van der Waals surface area (Å²) >= 11 is 0. The van der Waals surface area contributed by atoms with Crippen molar-refractivity contribution < 1.29 is 14.7 Å². The van der Waals surface area contributed by atoms with Crippen LogP contribution in [0, 0.1) is 5.41 Å². The van der Waals surface area contributed by atoms with Gasteiger partial charge in [-0.2, -0.15) is 0 Å². The number of nitrogen functional groups attached to an aromatic ring is 1. The number of carbonyl (C=O) groups is 2. The fourth-order valence-corrected chi connectivity index (χ4v) is 4.21. The zero-order valence-corrected chi connectivity index (χ0v) is 18.5. The lowest BCUT2D eigenvalue weighted by Gasteiger charge is -2.22. The maximum Gasteiger partial charge on any atom is 0.303 e. The maximum atomic E-state index is 13.5. The number of aliphatic carboxylic acids is 1. The Morgan fingerprint density at radius 1 is 1.03 bits per heavy atom. The lowest BCUT2D eigenvalue weighted by Crippen LogP contribution is -2.28. The fraction of sp³-hybridized carbons (Fsp3) is 0.292. The molecule has 0 saturated carbocycles. The Morgan fingerprint density at radius 2 is 1.66 bits per heavy atom. The fourth-order valence-electron chi connectivity index (χ4n) is 4.21. The molecule has 0 spiro atoms. The third kappa shape index (κ3) is 4.78. The number of carbonyl (C=O) groups excluding carboxylic acids is 1. The molecule has 0 radical (unpaired) electrons. The van der Waals surface area contributed by atoms with Gasteiger partial charge >= 0.3 is 5.97 Å². The summed E-state index contributed by atoms with van der Waals surface area (Å²) in [4.78, 5) is 28.4. The van der Waals surface area contributed by atoms with Crippen LogP contribution >= 0.6 is 12.4 Å². The number of carboxylic acid groups (broad SMARTS) is 1. The van der Waals surface area contributed by atoms with Crippen molar-refractivity contribution in [2.24, 2.45) is 5.73 Å². The molecule has 2 aliphatic rings. The van der Waals surface area contributed by atoms with Crippen molar-refractivity contribution >= 4 is 41.4 Å².